The minimum absolute atomic E-state index is 0.0184. The summed E-state index contributed by atoms with van der Waals surface area (Å²) in [4.78, 5) is 2.57. The van der Waals surface area contributed by atoms with E-state index in [4.69, 9.17) is 10.5 Å². The summed E-state index contributed by atoms with van der Waals surface area (Å²) in [7, 11) is -3.34. The van der Waals surface area contributed by atoms with Gasteiger partial charge >= 0.3 is 0 Å². The van der Waals surface area contributed by atoms with Crippen molar-refractivity contribution in [2.45, 2.75) is 68.1 Å². The van der Waals surface area contributed by atoms with Crippen LogP contribution in [0.5, 0.6) is 0 Å². The van der Waals surface area contributed by atoms with Crippen molar-refractivity contribution < 1.29 is 21.9 Å². The summed E-state index contributed by atoms with van der Waals surface area (Å²) in [6.45, 7) is 5.23. The number of benzene rings is 2. The number of rotatable bonds is 5. The SMILES string of the molecule is CCC(C)S(=O)(=O)c1ccc2c(c1)CN([C@H]1CO[C@H](c3cc(F)ccc3F)[C@@H](N)C1)C2. The Morgan fingerprint density at radius 1 is 1.16 bits per heavy atom. The van der Waals surface area contributed by atoms with E-state index in [1.54, 1.807) is 19.1 Å². The Balaban J connectivity index is 1.46. The molecule has 2 aliphatic rings. The van der Waals surface area contributed by atoms with Crippen LogP contribution in [0.2, 0.25) is 0 Å². The zero-order valence-corrected chi connectivity index (χ0v) is 18.5. The van der Waals surface area contributed by atoms with Gasteiger partial charge < -0.3 is 10.5 Å². The molecule has 4 atom stereocenters. The van der Waals surface area contributed by atoms with Gasteiger partial charge in [0.15, 0.2) is 9.84 Å². The van der Waals surface area contributed by atoms with E-state index in [1.165, 1.54) is 0 Å². The third kappa shape index (κ3) is 4.26. The number of hydrogen-bond donors (Lipinski definition) is 1. The number of ether oxygens (including phenoxy) is 1. The van der Waals surface area contributed by atoms with E-state index in [0.717, 1.165) is 29.3 Å². The minimum Gasteiger partial charge on any atom is -0.370 e. The summed E-state index contributed by atoms with van der Waals surface area (Å²) < 4.78 is 59.0. The van der Waals surface area contributed by atoms with Crippen LogP contribution in [-0.2, 0) is 27.7 Å². The van der Waals surface area contributed by atoms with Crippen molar-refractivity contribution in [1.82, 2.24) is 4.90 Å². The molecule has 2 aliphatic heterocycles. The molecule has 0 amide bonds. The van der Waals surface area contributed by atoms with Gasteiger partial charge in [-0.3, -0.25) is 4.90 Å². The molecule has 2 aromatic carbocycles. The standard InChI is InChI=1S/C23H28F2N2O3S/c1-3-14(2)31(28,29)19-6-4-15-11-27(12-16(15)8-19)18-10-22(26)23(30-13-18)20-9-17(24)5-7-21(20)25/h4-9,14,18,22-23H,3,10-13,26H2,1-2H3/t14?,18-,22+,23-/m1/s1. The predicted molar refractivity (Wildman–Crippen MR) is 114 cm³/mol. The Morgan fingerprint density at radius 2 is 1.90 bits per heavy atom. The maximum Gasteiger partial charge on any atom is 0.180 e. The molecule has 168 valence electrons. The second kappa shape index (κ2) is 8.58. The second-order valence-electron chi connectivity index (χ2n) is 8.57. The molecule has 0 spiro atoms. The zero-order chi connectivity index (χ0) is 22.3. The number of fused-ring (bicyclic) bond motifs is 1. The van der Waals surface area contributed by atoms with Crippen molar-refractivity contribution in [2.75, 3.05) is 6.61 Å². The highest BCUT2D eigenvalue weighted by Gasteiger charge is 2.36. The molecule has 5 nitrogen and oxygen atoms in total. The average Bonchev–Trinajstić information content (AvgIpc) is 3.18. The largest absolute Gasteiger partial charge is 0.370 e. The lowest BCUT2D eigenvalue weighted by atomic mass is 9.93. The summed E-state index contributed by atoms with van der Waals surface area (Å²) in [6, 6.07) is 8.22. The van der Waals surface area contributed by atoms with E-state index >= 15 is 0 Å². The molecule has 0 aromatic heterocycles. The first-order chi connectivity index (χ1) is 14.7. The summed E-state index contributed by atoms with van der Waals surface area (Å²) in [6.07, 6.45) is 0.451. The summed E-state index contributed by atoms with van der Waals surface area (Å²) in [5, 5.41) is -0.423. The fourth-order valence-electron chi connectivity index (χ4n) is 4.44. The van der Waals surface area contributed by atoms with Crippen molar-refractivity contribution in [2.24, 2.45) is 5.73 Å². The van der Waals surface area contributed by atoms with E-state index < -0.39 is 38.9 Å². The van der Waals surface area contributed by atoms with Crippen LogP contribution >= 0.6 is 0 Å². The van der Waals surface area contributed by atoms with E-state index in [-0.39, 0.29) is 11.6 Å². The van der Waals surface area contributed by atoms with E-state index in [2.05, 4.69) is 4.90 Å². The summed E-state index contributed by atoms with van der Waals surface area (Å²) >= 11 is 0. The third-order valence-electron chi connectivity index (χ3n) is 6.54. The van der Waals surface area contributed by atoms with Gasteiger partial charge in [0.1, 0.15) is 17.7 Å². The van der Waals surface area contributed by atoms with Gasteiger partial charge in [0.05, 0.1) is 16.8 Å². The van der Waals surface area contributed by atoms with Crippen molar-refractivity contribution in [3.8, 4) is 0 Å². The molecule has 8 heteroatoms. The number of nitrogens with zero attached hydrogens (tertiary/aromatic N) is 1. The maximum atomic E-state index is 14.2. The number of nitrogens with two attached hydrogens (primary N) is 1. The highest BCUT2D eigenvalue weighted by Crippen LogP contribution is 2.35. The van der Waals surface area contributed by atoms with Crippen LogP contribution in [0.15, 0.2) is 41.3 Å². The van der Waals surface area contributed by atoms with Gasteiger partial charge in [-0.1, -0.05) is 13.0 Å². The van der Waals surface area contributed by atoms with Crippen LogP contribution in [0.25, 0.3) is 0 Å². The van der Waals surface area contributed by atoms with E-state index in [0.29, 0.717) is 37.4 Å². The van der Waals surface area contributed by atoms with Crippen LogP contribution in [0.4, 0.5) is 8.78 Å². The Morgan fingerprint density at radius 3 is 2.61 bits per heavy atom. The van der Waals surface area contributed by atoms with E-state index in [9.17, 15) is 17.2 Å². The van der Waals surface area contributed by atoms with Gasteiger partial charge in [-0.25, -0.2) is 17.2 Å². The molecule has 2 heterocycles. The molecule has 1 unspecified atom stereocenters. The molecule has 1 fully saturated rings. The quantitative estimate of drug-likeness (QED) is 0.752. The molecule has 0 bridgehead atoms. The normalized spacial score (nSPS) is 25.4. The van der Waals surface area contributed by atoms with Gasteiger partial charge in [0.2, 0.25) is 0 Å². The summed E-state index contributed by atoms with van der Waals surface area (Å²) in [5.74, 6) is -1.05. The van der Waals surface area contributed by atoms with Crippen LogP contribution in [-0.4, -0.2) is 37.3 Å². The van der Waals surface area contributed by atoms with Crippen molar-refractivity contribution in [3.05, 3.63) is 64.7 Å². The van der Waals surface area contributed by atoms with Crippen molar-refractivity contribution >= 4 is 9.84 Å². The molecule has 1 saturated heterocycles. The molecule has 31 heavy (non-hydrogen) atoms. The fraction of sp³-hybridized carbons (Fsp3) is 0.478. The number of sulfone groups is 1. The topological polar surface area (TPSA) is 72.6 Å². The molecule has 0 saturated carbocycles. The van der Waals surface area contributed by atoms with Crippen LogP contribution in [0.3, 0.4) is 0 Å². The first-order valence-corrected chi connectivity index (χ1v) is 12.2. The van der Waals surface area contributed by atoms with Gasteiger partial charge in [0, 0.05) is 30.7 Å². The van der Waals surface area contributed by atoms with Gasteiger partial charge in [-0.2, -0.15) is 0 Å². The van der Waals surface area contributed by atoms with E-state index in [1.807, 2.05) is 13.0 Å². The Bertz CT molecular complexity index is 1080. The smallest absolute Gasteiger partial charge is 0.180 e. The van der Waals surface area contributed by atoms with Crippen molar-refractivity contribution in [3.63, 3.8) is 0 Å². The average molecular weight is 451 g/mol. The molecular formula is C23H28F2N2O3S. The molecule has 0 aliphatic carbocycles. The third-order valence-corrected chi connectivity index (χ3v) is 8.84. The number of hydrogen-bond acceptors (Lipinski definition) is 5. The monoisotopic (exact) mass is 450 g/mol. The van der Waals surface area contributed by atoms with Gasteiger partial charge in [-0.05, 0) is 61.2 Å². The van der Waals surface area contributed by atoms with Crippen LogP contribution in [0.1, 0.15) is 49.5 Å². The first kappa shape index (κ1) is 22.3. The molecular weight excluding hydrogens is 422 g/mol. The summed E-state index contributed by atoms with van der Waals surface area (Å²) in [5.41, 5.74) is 8.54. The lowest BCUT2D eigenvalue weighted by Crippen LogP contribution is -2.47. The minimum atomic E-state index is -3.34. The Labute approximate surface area is 182 Å². The Kier molecular flexibility index (Phi) is 6.18. The van der Waals surface area contributed by atoms with Gasteiger partial charge in [-0.15, -0.1) is 0 Å². The molecule has 2 aromatic rings. The fourth-order valence-corrected chi connectivity index (χ4v) is 5.90. The predicted octanol–water partition coefficient (Wildman–Crippen LogP) is 3.71. The van der Waals surface area contributed by atoms with Crippen molar-refractivity contribution in [1.29, 1.82) is 0 Å². The Hall–Kier alpha value is -1.87. The van der Waals surface area contributed by atoms with Gasteiger partial charge in [0.25, 0.3) is 0 Å². The number of halogens is 2. The second-order valence-corrected chi connectivity index (χ2v) is 10.9. The molecule has 0 radical (unpaired) electrons. The van der Waals surface area contributed by atoms with Crippen LogP contribution < -0.4 is 5.73 Å². The molecule has 4 rings (SSSR count). The maximum absolute atomic E-state index is 14.2. The zero-order valence-electron chi connectivity index (χ0n) is 17.7. The molecule has 2 N–H and O–H groups in total. The van der Waals surface area contributed by atoms with Crippen LogP contribution in [0, 0.1) is 11.6 Å². The lowest BCUT2D eigenvalue weighted by molar-refractivity contribution is -0.0531. The first-order valence-electron chi connectivity index (χ1n) is 10.6. The lowest BCUT2D eigenvalue weighted by Gasteiger charge is -2.38. The highest BCUT2D eigenvalue weighted by molar-refractivity contribution is 7.92. The highest BCUT2D eigenvalue weighted by atomic mass is 32.2.